The topological polar surface area (TPSA) is 27.7 Å². The van der Waals surface area contributed by atoms with Crippen molar-refractivity contribution in [3.63, 3.8) is 0 Å². The second-order valence-electron chi connectivity index (χ2n) is 4.33. The Morgan fingerprint density at radius 3 is 2.57 bits per heavy atom. The van der Waals surface area contributed by atoms with Gasteiger partial charge >= 0.3 is 0 Å². The maximum atomic E-state index is 5.55. The van der Waals surface area contributed by atoms with Gasteiger partial charge < -0.3 is 14.2 Å². The molecule has 0 radical (unpaired) electrons. The minimum Gasteiger partial charge on any atom is -0.378 e. The zero-order valence-corrected chi connectivity index (χ0v) is 8.91. The Morgan fingerprint density at radius 2 is 1.86 bits per heavy atom. The van der Waals surface area contributed by atoms with E-state index in [1.165, 1.54) is 0 Å². The maximum absolute atomic E-state index is 5.55. The third kappa shape index (κ3) is 2.94. The van der Waals surface area contributed by atoms with Crippen LogP contribution in [0.1, 0.15) is 32.6 Å². The highest BCUT2D eigenvalue weighted by Crippen LogP contribution is 2.26. The van der Waals surface area contributed by atoms with E-state index < -0.39 is 0 Å². The molecule has 0 bridgehead atoms. The molecule has 3 heteroatoms. The predicted octanol–water partition coefficient (Wildman–Crippen LogP) is 1.95. The van der Waals surface area contributed by atoms with Gasteiger partial charge in [-0.25, -0.2) is 0 Å². The molecule has 0 saturated carbocycles. The van der Waals surface area contributed by atoms with E-state index in [2.05, 4.69) is 6.92 Å². The van der Waals surface area contributed by atoms with E-state index in [1.54, 1.807) is 0 Å². The molecule has 0 aliphatic carbocycles. The largest absolute Gasteiger partial charge is 0.378 e. The van der Waals surface area contributed by atoms with Crippen LogP contribution < -0.4 is 0 Å². The highest BCUT2D eigenvalue weighted by atomic mass is 16.7. The summed E-state index contributed by atoms with van der Waals surface area (Å²) in [7, 11) is 0. The fourth-order valence-corrected chi connectivity index (χ4v) is 2.25. The van der Waals surface area contributed by atoms with Crippen molar-refractivity contribution in [3.8, 4) is 0 Å². The minimum absolute atomic E-state index is 0.0547. The van der Waals surface area contributed by atoms with Crippen molar-refractivity contribution in [1.82, 2.24) is 0 Å². The number of hydrogen-bond donors (Lipinski definition) is 0. The number of hydrogen-bond acceptors (Lipinski definition) is 3. The molecule has 82 valence electrons. The van der Waals surface area contributed by atoms with Crippen LogP contribution in [-0.2, 0) is 14.2 Å². The van der Waals surface area contributed by atoms with Crippen molar-refractivity contribution in [3.05, 3.63) is 0 Å². The van der Waals surface area contributed by atoms with Crippen molar-refractivity contribution < 1.29 is 14.2 Å². The molecule has 0 aromatic heterocycles. The first-order valence-electron chi connectivity index (χ1n) is 5.69. The molecule has 2 rings (SSSR count). The van der Waals surface area contributed by atoms with Crippen LogP contribution in [0.2, 0.25) is 0 Å². The quantitative estimate of drug-likeness (QED) is 0.682. The van der Waals surface area contributed by atoms with Crippen LogP contribution in [0.3, 0.4) is 0 Å². The van der Waals surface area contributed by atoms with E-state index >= 15 is 0 Å². The fraction of sp³-hybridized carbons (Fsp3) is 1.00. The Morgan fingerprint density at radius 1 is 1.07 bits per heavy atom. The van der Waals surface area contributed by atoms with Crippen LogP contribution in [0.5, 0.6) is 0 Å². The normalized spacial score (nSPS) is 35.8. The van der Waals surface area contributed by atoms with Gasteiger partial charge in [-0.15, -0.1) is 0 Å². The summed E-state index contributed by atoms with van der Waals surface area (Å²) in [5.41, 5.74) is 0. The Kier molecular flexibility index (Phi) is 3.79. The van der Waals surface area contributed by atoms with Crippen LogP contribution in [-0.4, -0.2) is 32.2 Å². The molecule has 0 spiro atoms. The first kappa shape index (κ1) is 10.4. The van der Waals surface area contributed by atoms with Crippen molar-refractivity contribution in [2.24, 2.45) is 5.92 Å². The molecule has 2 unspecified atom stereocenters. The van der Waals surface area contributed by atoms with Crippen LogP contribution in [0.25, 0.3) is 0 Å². The Balaban J connectivity index is 1.72. The molecular formula is C11H20O3. The Hall–Kier alpha value is -0.120. The van der Waals surface area contributed by atoms with Crippen LogP contribution in [0, 0.1) is 5.92 Å². The summed E-state index contributed by atoms with van der Waals surface area (Å²) in [5.74, 6) is 0.724. The lowest BCUT2D eigenvalue weighted by atomic mass is 9.93. The zero-order valence-electron chi connectivity index (χ0n) is 8.91. The monoisotopic (exact) mass is 200 g/mol. The highest BCUT2D eigenvalue weighted by Gasteiger charge is 2.24. The van der Waals surface area contributed by atoms with Crippen molar-refractivity contribution in [2.75, 3.05) is 19.8 Å². The van der Waals surface area contributed by atoms with E-state index in [0.717, 1.165) is 51.4 Å². The summed E-state index contributed by atoms with van der Waals surface area (Å²) in [5, 5.41) is 0. The van der Waals surface area contributed by atoms with Crippen LogP contribution in [0.15, 0.2) is 0 Å². The lowest BCUT2D eigenvalue weighted by Gasteiger charge is -2.31. The maximum Gasteiger partial charge on any atom is 0.157 e. The summed E-state index contributed by atoms with van der Waals surface area (Å²) in [6.07, 6.45) is 4.88. The van der Waals surface area contributed by atoms with Gasteiger partial charge in [0, 0.05) is 13.0 Å². The van der Waals surface area contributed by atoms with Gasteiger partial charge in [0.05, 0.1) is 19.3 Å². The molecule has 14 heavy (non-hydrogen) atoms. The Labute approximate surface area is 85.7 Å². The zero-order chi connectivity index (χ0) is 9.80. The molecule has 2 heterocycles. The van der Waals surface area contributed by atoms with Crippen LogP contribution >= 0.6 is 0 Å². The molecule has 0 aromatic carbocycles. The second kappa shape index (κ2) is 5.10. The smallest absolute Gasteiger partial charge is 0.157 e. The average molecular weight is 200 g/mol. The van der Waals surface area contributed by atoms with E-state index in [-0.39, 0.29) is 6.29 Å². The summed E-state index contributed by atoms with van der Waals surface area (Å²) >= 11 is 0. The van der Waals surface area contributed by atoms with Gasteiger partial charge in [-0.3, -0.25) is 0 Å². The second-order valence-corrected chi connectivity index (χ2v) is 4.33. The van der Waals surface area contributed by atoms with Crippen molar-refractivity contribution in [2.45, 2.75) is 45.0 Å². The summed E-state index contributed by atoms with van der Waals surface area (Å²) in [4.78, 5) is 0. The predicted molar refractivity (Wildman–Crippen MR) is 53.1 cm³/mol. The molecule has 0 aromatic rings. The van der Waals surface area contributed by atoms with E-state index in [9.17, 15) is 0 Å². The first-order valence-corrected chi connectivity index (χ1v) is 5.69. The van der Waals surface area contributed by atoms with Crippen LogP contribution in [0.4, 0.5) is 0 Å². The molecule has 0 amide bonds. The summed E-state index contributed by atoms with van der Waals surface area (Å²) in [6.45, 7) is 4.78. The first-order chi connectivity index (χ1) is 6.84. The minimum atomic E-state index is 0.0547. The van der Waals surface area contributed by atoms with Gasteiger partial charge in [0.25, 0.3) is 0 Å². The van der Waals surface area contributed by atoms with Gasteiger partial charge in [0.1, 0.15) is 0 Å². The molecular weight excluding hydrogens is 180 g/mol. The van der Waals surface area contributed by atoms with Crippen molar-refractivity contribution >= 4 is 0 Å². The molecule has 2 fully saturated rings. The molecule has 2 aliphatic heterocycles. The number of rotatable bonds is 2. The fourth-order valence-electron chi connectivity index (χ4n) is 2.25. The average Bonchev–Trinajstić information content (AvgIpc) is 2.19. The van der Waals surface area contributed by atoms with Gasteiger partial charge in [-0.1, -0.05) is 0 Å². The Bertz CT molecular complexity index is 166. The lowest BCUT2D eigenvalue weighted by Crippen LogP contribution is -2.31. The SMILES string of the molecule is CC1CC(CC2OCCCO2)CCO1. The highest BCUT2D eigenvalue weighted by molar-refractivity contribution is 4.70. The van der Waals surface area contributed by atoms with Gasteiger partial charge in [0.15, 0.2) is 6.29 Å². The van der Waals surface area contributed by atoms with E-state index in [0.29, 0.717) is 6.10 Å². The lowest BCUT2D eigenvalue weighted by molar-refractivity contribution is -0.190. The third-order valence-electron chi connectivity index (χ3n) is 3.02. The summed E-state index contributed by atoms with van der Waals surface area (Å²) < 4.78 is 16.6. The molecule has 2 aliphatic rings. The van der Waals surface area contributed by atoms with E-state index in [4.69, 9.17) is 14.2 Å². The molecule has 3 nitrogen and oxygen atoms in total. The molecule has 2 atom stereocenters. The van der Waals surface area contributed by atoms with Gasteiger partial charge in [0.2, 0.25) is 0 Å². The number of ether oxygens (including phenoxy) is 3. The van der Waals surface area contributed by atoms with Crippen molar-refractivity contribution in [1.29, 1.82) is 0 Å². The third-order valence-corrected chi connectivity index (χ3v) is 3.02. The van der Waals surface area contributed by atoms with E-state index in [1.807, 2.05) is 0 Å². The molecule has 2 saturated heterocycles. The van der Waals surface area contributed by atoms with Gasteiger partial charge in [-0.05, 0) is 32.1 Å². The van der Waals surface area contributed by atoms with Gasteiger partial charge in [-0.2, -0.15) is 0 Å². The summed E-state index contributed by atoms with van der Waals surface area (Å²) in [6, 6.07) is 0. The standard InChI is InChI=1S/C11H20O3/c1-9-7-10(3-6-12-9)8-11-13-4-2-5-14-11/h9-11H,2-8H2,1H3. The molecule has 0 N–H and O–H groups in total.